The fraction of sp³-hybridized carbons (Fsp3) is 0.455. The topological polar surface area (TPSA) is 18.5 Å². The van der Waals surface area contributed by atoms with E-state index in [1.54, 1.807) is 0 Å². The molecule has 5 atom stereocenters. The number of hydrogen-bond donors (Lipinski definition) is 0. The van der Waals surface area contributed by atoms with Gasteiger partial charge in [-0.15, -0.1) is 0 Å². The van der Waals surface area contributed by atoms with Crippen molar-refractivity contribution in [3.8, 4) is 0 Å². The highest BCUT2D eigenvalue weighted by molar-refractivity contribution is 8.00. The molecule has 0 spiro atoms. The predicted molar refractivity (Wildman–Crippen MR) is 131 cm³/mol. The van der Waals surface area contributed by atoms with E-state index in [1.807, 2.05) is 24.3 Å². The average Bonchev–Trinajstić information content (AvgIpc) is 2.68. The minimum atomic E-state index is 0.0769. The molecule has 0 radical (unpaired) electrons. The van der Waals surface area contributed by atoms with Crippen LogP contribution in [0.25, 0.3) is 0 Å². The van der Waals surface area contributed by atoms with Crippen molar-refractivity contribution in [1.82, 2.24) is 0 Å². The molecular weight excluding hydrogens is 389 g/mol. The summed E-state index contributed by atoms with van der Waals surface area (Å²) in [6, 6.07) is 0. The van der Waals surface area contributed by atoms with Crippen molar-refractivity contribution in [3.05, 3.63) is 72.9 Å². The van der Waals surface area contributed by atoms with Crippen LogP contribution in [-0.4, -0.2) is 12.2 Å². The minimum Gasteiger partial charge on any atom is -0.358 e. The first-order valence-electron chi connectivity index (χ1n) is 9.71. The van der Waals surface area contributed by atoms with Gasteiger partial charge in [-0.2, -0.15) is 0 Å². The second-order valence-corrected chi connectivity index (χ2v) is 7.37. The highest BCUT2D eigenvalue weighted by Crippen LogP contribution is 2.25. The number of allylic oxidation sites excluding steroid dienone is 8. The highest BCUT2D eigenvalue weighted by Gasteiger charge is 2.00. The van der Waals surface area contributed by atoms with Gasteiger partial charge in [-0.1, -0.05) is 102 Å². The van der Waals surface area contributed by atoms with E-state index in [-0.39, 0.29) is 12.2 Å². The maximum atomic E-state index is 5.70. The third-order valence-corrected chi connectivity index (χ3v) is 4.78. The molecule has 0 aromatic rings. The van der Waals surface area contributed by atoms with E-state index in [0.717, 1.165) is 32.1 Å². The van der Waals surface area contributed by atoms with Crippen LogP contribution in [0.4, 0.5) is 0 Å². The maximum absolute atomic E-state index is 5.70. The Bertz CT molecular complexity index is 494. The first-order chi connectivity index (χ1) is 13.3. The summed E-state index contributed by atoms with van der Waals surface area (Å²) in [6.45, 7) is 4.33. The average molecular weight is 426 g/mol. The van der Waals surface area contributed by atoms with Gasteiger partial charge in [0.1, 0.15) is 0 Å². The third-order valence-electron chi connectivity index (χ3n) is 3.58. The van der Waals surface area contributed by atoms with Gasteiger partial charge < -0.3 is 9.05 Å². The summed E-state index contributed by atoms with van der Waals surface area (Å²) in [4.78, 5) is 0. The molecule has 2 nitrogen and oxygen atoms in total. The molecule has 0 aromatic carbocycles. The quantitative estimate of drug-likeness (QED) is 0.143. The van der Waals surface area contributed by atoms with E-state index in [1.165, 1.54) is 6.42 Å². The zero-order valence-electron chi connectivity index (χ0n) is 16.8. The summed E-state index contributed by atoms with van der Waals surface area (Å²) in [5, 5.41) is 0. The van der Waals surface area contributed by atoms with Crippen molar-refractivity contribution in [2.75, 3.05) is 0 Å². The van der Waals surface area contributed by atoms with Gasteiger partial charge in [0.2, 0.25) is 0 Å². The van der Waals surface area contributed by atoms with E-state index in [0.29, 0.717) is 8.50 Å². The Balaban J connectivity index is 4.24. The second kappa shape index (κ2) is 21.9. The SMILES string of the molecule is CC/C=C\C[C@H](\C=C/C=C/C=C/[C@H](C/C=C\C/C=C\CCC)OP)OPP. The molecule has 0 aliphatic rings. The van der Waals surface area contributed by atoms with Crippen LogP contribution in [0.15, 0.2) is 72.9 Å². The molecule has 0 N–H and O–H groups in total. The van der Waals surface area contributed by atoms with Gasteiger partial charge in [0.25, 0.3) is 0 Å². The molecule has 0 saturated heterocycles. The fourth-order valence-corrected chi connectivity index (χ4v) is 3.20. The third kappa shape index (κ3) is 18.8. The standard InChI is InChI=1S/C22H37O2P3/c1-3-5-7-8-9-10-14-17-21(23-25)18-15-11-12-16-20-22(24-27-26)19-13-6-4-2/h6-8,10-16,18,20-22,27H,3-5,9,17,19,25-26H2,1-2H3/b8-7-,12-11+,13-6-,14-10-,18-15+,20-16-/t21-,22+/m0/s1. The molecule has 152 valence electrons. The fourth-order valence-electron chi connectivity index (χ4n) is 2.12. The maximum Gasteiger partial charge on any atom is 0.0836 e. The Morgan fingerprint density at radius 2 is 1.44 bits per heavy atom. The van der Waals surface area contributed by atoms with Crippen LogP contribution < -0.4 is 0 Å². The highest BCUT2D eigenvalue weighted by atomic mass is 32.0. The Kier molecular flexibility index (Phi) is 21.7. The van der Waals surface area contributed by atoms with E-state index in [9.17, 15) is 0 Å². The largest absolute Gasteiger partial charge is 0.358 e. The Labute approximate surface area is 173 Å². The molecule has 0 rings (SSSR count). The van der Waals surface area contributed by atoms with Crippen LogP contribution >= 0.6 is 26.9 Å². The molecule has 3 unspecified atom stereocenters. The minimum absolute atomic E-state index is 0.0769. The van der Waals surface area contributed by atoms with E-state index >= 15 is 0 Å². The van der Waals surface area contributed by atoms with Crippen LogP contribution in [0.3, 0.4) is 0 Å². The molecule has 0 aromatic heterocycles. The predicted octanol–water partition coefficient (Wildman–Crippen LogP) is 7.65. The van der Waals surface area contributed by atoms with Crippen LogP contribution in [0.2, 0.25) is 0 Å². The zero-order chi connectivity index (χ0) is 20.0. The molecule has 0 saturated carbocycles. The lowest BCUT2D eigenvalue weighted by Gasteiger charge is -2.09. The monoisotopic (exact) mass is 426 g/mol. The van der Waals surface area contributed by atoms with Gasteiger partial charge >= 0.3 is 0 Å². The Morgan fingerprint density at radius 1 is 0.815 bits per heavy atom. The second-order valence-electron chi connectivity index (χ2n) is 5.92. The molecular formula is C22H37O2P3. The molecule has 27 heavy (non-hydrogen) atoms. The van der Waals surface area contributed by atoms with Crippen LogP contribution in [-0.2, 0) is 9.05 Å². The van der Waals surface area contributed by atoms with Crippen LogP contribution in [0.5, 0.6) is 0 Å². The molecule has 0 amide bonds. The summed E-state index contributed by atoms with van der Waals surface area (Å²) < 4.78 is 11.1. The normalized spacial score (nSPS) is 16.0. The summed E-state index contributed by atoms with van der Waals surface area (Å²) in [6.07, 6.45) is 31.9. The van der Waals surface area contributed by atoms with Crippen molar-refractivity contribution in [3.63, 3.8) is 0 Å². The van der Waals surface area contributed by atoms with Gasteiger partial charge in [0.15, 0.2) is 0 Å². The Morgan fingerprint density at radius 3 is 2.07 bits per heavy atom. The summed E-state index contributed by atoms with van der Waals surface area (Å²) >= 11 is 0. The van der Waals surface area contributed by atoms with Crippen molar-refractivity contribution in [1.29, 1.82) is 0 Å². The van der Waals surface area contributed by atoms with Gasteiger partial charge in [0.05, 0.1) is 12.2 Å². The van der Waals surface area contributed by atoms with E-state index < -0.39 is 0 Å². The van der Waals surface area contributed by atoms with Gasteiger partial charge in [-0.05, 0) is 32.1 Å². The van der Waals surface area contributed by atoms with Gasteiger partial charge in [-0.3, -0.25) is 0 Å². The lowest BCUT2D eigenvalue weighted by Crippen LogP contribution is -2.01. The number of rotatable bonds is 16. The Hall–Kier alpha value is -0.350. The van der Waals surface area contributed by atoms with E-state index in [2.05, 4.69) is 80.9 Å². The molecule has 0 fully saturated rings. The summed E-state index contributed by atoms with van der Waals surface area (Å²) in [5.41, 5.74) is 0. The molecule has 0 aliphatic heterocycles. The lowest BCUT2D eigenvalue weighted by molar-refractivity contribution is 0.296. The first kappa shape index (κ1) is 26.6. The lowest BCUT2D eigenvalue weighted by atomic mass is 10.2. The first-order valence-corrected chi connectivity index (χ1v) is 12.9. The molecule has 0 aliphatic carbocycles. The smallest absolute Gasteiger partial charge is 0.0836 e. The number of hydrogen-bond acceptors (Lipinski definition) is 2. The van der Waals surface area contributed by atoms with Crippen molar-refractivity contribution in [2.24, 2.45) is 0 Å². The molecule has 0 heterocycles. The van der Waals surface area contributed by atoms with Gasteiger partial charge in [0, 0.05) is 18.0 Å². The molecule has 5 heteroatoms. The molecule has 0 bridgehead atoms. The van der Waals surface area contributed by atoms with Crippen molar-refractivity contribution < 1.29 is 9.05 Å². The van der Waals surface area contributed by atoms with Crippen molar-refractivity contribution in [2.45, 2.75) is 64.6 Å². The van der Waals surface area contributed by atoms with Crippen LogP contribution in [0, 0.1) is 0 Å². The van der Waals surface area contributed by atoms with Crippen molar-refractivity contribution >= 4 is 26.9 Å². The summed E-state index contributed by atoms with van der Waals surface area (Å²) in [7, 11) is 5.41. The van der Waals surface area contributed by atoms with Gasteiger partial charge in [-0.25, -0.2) is 0 Å². The van der Waals surface area contributed by atoms with E-state index in [4.69, 9.17) is 9.05 Å². The number of unbranched alkanes of at least 4 members (excludes halogenated alkanes) is 1. The zero-order valence-corrected chi connectivity index (χ0v) is 20.1. The van der Waals surface area contributed by atoms with Crippen LogP contribution in [0.1, 0.15) is 52.4 Å². The summed E-state index contributed by atoms with van der Waals surface area (Å²) in [5.74, 6) is 0.